The molecule has 1 aromatic carbocycles. The third-order valence-corrected chi connectivity index (χ3v) is 4.84. The first-order valence-electron chi connectivity index (χ1n) is 9.15. The quantitative estimate of drug-likeness (QED) is 0.748. The second kappa shape index (κ2) is 7.75. The zero-order chi connectivity index (χ0) is 19.5. The molecule has 1 aliphatic rings. The molecule has 2 aromatic heterocycles. The van der Waals surface area contributed by atoms with Crippen LogP contribution in [-0.4, -0.2) is 44.1 Å². The summed E-state index contributed by atoms with van der Waals surface area (Å²) in [5.74, 6) is 0.321. The molecule has 8 heteroatoms. The molecule has 1 aliphatic heterocycles. The standard InChI is InChI=1S/C20H20FN5O2/c1-13-17(9-23-25-13)20(27)26-7-3-4-14(12-26)18-10-22-11-19(24-18)28-16-6-2-5-15(21)8-16/h2,5-6,8-11,14H,3-4,7,12H2,1H3,(H,23,25). The lowest BCUT2D eigenvalue weighted by Crippen LogP contribution is -2.39. The van der Waals surface area contributed by atoms with Crippen molar-refractivity contribution in [3.05, 3.63) is 65.6 Å². The predicted molar refractivity (Wildman–Crippen MR) is 99.7 cm³/mol. The molecule has 0 spiro atoms. The minimum atomic E-state index is -0.377. The van der Waals surface area contributed by atoms with E-state index in [1.807, 2.05) is 11.8 Å². The first kappa shape index (κ1) is 18.1. The number of nitrogens with zero attached hydrogens (tertiary/aromatic N) is 4. The summed E-state index contributed by atoms with van der Waals surface area (Å²) < 4.78 is 19.0. The van der Waals surface area contributed by atoms with Crippen LogP contribution in [0.2, 0.25) is 0 Å². The van der Waals surface area contributed by atoms with E-state index in [4.69, 9.17) is 4.74 Å². The number of carbonyl (C=O) groups excluding carboxylic acids is 1. The van der Waals surface area contributed by atoms with Gasteiger partial charge >= 0.3 is 0 Å². The van der Waals surface area contributed by atoms with Crippen molar-refractivity contribution in [1.29, 1.82) is 0 Å². The number of H-pyrrole nitrogens is 1. The number of rotatable bonds is 4. The minimum absolute atomic E-state index is 0.0314. The molecule has 1 atom stereocenters. The van der Waals surface area contributed by atoms with Gasteiger partial charge in [-0.2, -0.15) is 5.10 Å². The molecular formula is C20H20FN5O2. The van der Waals surface area contributed by atoms with Crippen LogP contribution in [0.4, 0.5) is 4.39 Å². The predicted octanol–water partition coefficient (Wildman–Crippen LogP) is 3.46. The summed E-state index contributed by atoms with van der Waals surface area (Å²) >= 11 is 0. The SMILES string of the molecule is Cc1[nH]ncc1C(=O)N1CCCC(c2cncc(Oc3cccc(F)c3)n2)C1. The number of amides is 1. The first-order valence-corrected chi connectivity index (χ1v) is 9.15. The lowest BCUT2D eigenvalue weighted by atomic mass is 9.94. The summed E-state index contributed by atoms with van der Waals surface area (Å²) in [7, 11) is 0. The molecule has 3 aromatic rings. The number of halogens is 1. The normalized spacial score (nSPS) is 16.8. The van der Waals surface area contributed by atoms with Crippen molar-refractivity contribution in [3.63, 3.8) is 0 Å². The zero-order valence-corrected chi connectivity index (χ0v) is 15.4. The van der Waals surface area contributed by atoms with Crippen LogP contribution in [0, 0.1) is 12.7 Å². The highest BCUT2D eigenvalue weighted by atomic mass is 19.1. The van der Waals surface area contributed by atoms with Gasteiger partial charge in [0.2, 0.25) is 5.88 Å². The number of ether oxygens (including phenoxy) is 1. The molecule has 1 saturated heterocycles. The molecular weight excluding hydrogens is 361 g/mol. The third-order valence-electron chi connectivity index (χ3n) is 4.84. The number of carbonyl (C=O) groups is 1. The van der Waals surface area contributed by atoms with Crippen LogP contribution in [-0.2, 0) is 0 Å². The van der Waals surface area contributed by atoms with E-state index in [1.54, 1.807) is 24.5 Å². The van der Waals surface area contributed by atoms with Gasteiger partial charge in [-0.15, -0.1) is 0 Å². The average Bonchev–Trinajstić information content (AvgIpc) is 3.14. The number of piperidine rings is 1. The van der Waals surface area contributed by atoms with Gasteiger partial charge in [0.1, 0.15) is 11.6 Å². The first-order chi connectivity index (χ1) is 13.6. The number of likely N-dealkylation sites (tertiary alicyclic amines) is 1. The van der Waals surface area contributed by atoms with Crippen LogP contribution in [0.25, 0.3) is 0 Å². The van der Waals surface area contributed by atoms with Crippen LogP contribution in [0.5, 0.6) is 11.6 Å². The van der Waals surface area contributed by atoms with Crippen molar-refractivity contribution >= 4 is 5.91 Å². The fourth-order valence-corrected chi connectivity index (χ4v) is 3.40. The Morgan fingerprint density at radius 2 is 2.21 bits per heavy atom. The molecule has 7 nitrogen and oxygen atoms in total. The Morgan fingerprint density at radius 1 is 1.32 bits per heavy atom. The number of hydrogen-bond acceptors (Lipinski definition) is 5. The van der Waals surface area contributed by atoms with Gasteiger partial charge in [-0.05, 0) is 31.9 Å². The van der Waals surface area contributed by atoms with E-state index in [2.05, 4.69) is 20.2 Å². The highest BCUT2D eigenvalue weighted by molar-refractivity contribution is 5.95. The largest absolute Gasteiger partial charge is 0.437 e. The number of hydrogen-bond donors (Lipinski definition) is 1. The summed E-state index contributed by atoms with van der Waals surface area (Å²) in [6.07, 6.45) is 6.54. The lowest BCUT2D eigenvalue weighted by molar-refractivity contribution is 0.0705. The van der Waals surface area contributed by atoms with Gasteiger partial charge in [0.25, 0.3) is 5.91 Å². The van der Waals surface area contributed by atoms with Crippen molar-refractivity contribution < 1.29 is 13.9 Å². The van der Waals surface area contributed by atoms with E-state index in [0.717, 1.165) is 24.2 Å². The Labute approximate surface area is 161 Å². The Hall–Kier alpha value is -3.29. The maximum Gasteiger partial charge on any atom is 0.257 e. The van der Waals surface area contributed by atoms with E-state index in [1.165, 1.54) is 18.3 Å². The van der Waals surface area contributed by atoms with Gasteiger partial charge in [0, 0.05) is 37.0 Å². The monoisotopic (exact) mass is 381 g/mol. The smallest absolute Gasteiger partial charge is 0.257 e. The number of nitrogens with one attached hydrogen (secondary N) is 1. The molecule has 1 unspecified atom stereocenters. The summed E-state index contributed by atoms with van der Waals surface area (Å²) in [6.45, 7) is 3.09. The summed E-state index contributed by atoms with van der Waals surface area (Å²) in [6, 6.07) is 5.88. The second-order valence-corrected chi connectivity index (χ2v) is 6.84. The van der Waals surface area contributed by atoms with E-state index in [9.17, 15) is 9.18 Å². The van der Waals surface area contributed by atoms with Crippen molar-refractivity contribution in [1.82, 2.24) is 25.1 Å². The van der Waals surface area contributed by atoms with E-state index < -0.39 is 0 Å². The molecule has 1 N–H and O–H groups in total. The highest BCUT2D eigenvalue weighted by Crippen LogP contribution is 2.28. The summed E-state index contributed by atoms with van der Waals surface area (Å²) in [5, 5.41) is 6.74. The van der Waals surface area contributed by atoms with Gasteiger partial charge in [0.05, 0.1) is 23.7 Å². The Bertz CT molecular complexity index is 990. The number of aromatic amines is 1. The van der Waals surface area contributed by atoms with Crippen molar-refractivity contribution in [2.24, 2.45) is 0 Å². The van der Waals surface area contributed by atoms with Crippen LogP contribution in [0.15, 0.2) is 42.9 Å². The second-order valence-electron chi connectivity index (χ2n) is 6.84. The highest BCUT2D eigenvalue weighted by Gasteiger charge is 2.28. The van der Waals surface area contributed by atoms with Crippen LogP contribution < -0.4 is 4.74 Å². The van der Waals surface area contributed by atoms with E-state index in [0.29, 0.717) is 30.3 Å². The fraction of sp³-hybridized carbons (Fsp3) is 0.300. The lowest BCUT2D eigenvalue weighted by Gasteiger charge is -2.32. The molecule has 1 fully saturated rings. The van der Waals surface area contributed by atoms with Gasteiger partial charge in [-0.3, -0.25) is 14.9 Å². The Morgan fingerprint density at radius 3 is 3.00 bits per heavy atom. The van der Waals surface area contributed by atoms with E-state index >= 15 is 0 Å². The molecule has 144 valence electrons. The number of aryl methyl sites for hydroxylation is 1. The van der Waals surface area contributed by atoms with Crippen molar-refractivity contribution in [3.8, 4) is 11.6 Å². The molecule has 0 saturated carbocycles. The molecule has 4 rings (SSSR count). The van der Waals surface area contributed by atoms with Gasteiger partial charge < -0.3 is 9.64 Å². The van der Waals surface area contributed by atoms with Crippen LogP contribution in [0.3, 0.4) is 0 Å². The van der Waals surface area contributed by atoms with Crippen LogP contribution in [0.1, 0.15) is 40.5 Å². The summed E-state index contributed by atoms with van der Waals surface area (Å²) in [4.78, 5) is 23.3. The summed E-state index contributed by atoms with van der Waals surface area (Å²) in [5.41, 5.74) is 2.11. The molecule has 0 radical (unpaired) electrons. The molecule has 0 aliphatic carbocycles. The molecule has 0 bridgehead atoms. The van der Waals surface area contributed by atoms with Crippen LogP contribution >= 0.6 is 0 Å². The Kier molecular flexibility index (Phi) is 5.01. The third kappa shape index (κ3) is 3.85. The van der Waals surface area contributed by atoms with Crippen molar-refractivity contribution in [2.45, 2.75) is 25.7 Å². The zero-order valence-electron chi connectivity index (χ0n) is 15.4. The average molecular weight is 381 g/mol. The van der Waals surface area contributed by atoms with Gasteiger partial charge in [-0.1, -0.05) is 6.07 Å². The van der Waals surface area contributed by atoms with Crippen molar-refractivity contribution in [2.75, 3.05) is 13.1 Å². The van der Waals surface area contributed by atoms with Gasteiger partial charge in [-0.25, -0.2) is 9.37 Å². The van der Waals surface area contributed by atoms with Gasteiger partial charge in [0.15, 0.2) is 0 Å². The molecule has 28 heavy (non-hydrogen) atoms. The number of benzene rings is 1. The molecule has 3 heterocycles. The maximum absolute atomic E-state index is 13.3. The fourth-order valence-electron chi connectivity index (χ4n) is 3.40. The Balaban J connectivity index is 1.49. The maximum atomic E-state index is 13.3. The topological polar surface area (TPSA) is 84.0 Å². The minimum Gasteiger partial charge on any atom is -0.437 e. The van der Waals surface area contributed by atoms with E-state index in [-0.39, 0.29) is 17.6 Å². The molecule has 1 amide bonds. The number of aromatic nitrogens is 4.